The van der Waals surface area contributed by atoms with Gasteiger partial charge in [-0.25, -0.2) is 19.6 Å². The molecule has 0 aliphatic carbocycles. The predicted molar refractivity (Wildman–Crippen MR) is 250 cm³/mol. The third-order valence-corrected chi connectivity index (χ3v) is 13.3. The SMILES string of the molecule is CCC(NC(=O)OC)C(=O)N([C@H](CC)COC)[C@@H](C)c1ncc(-c2ccc3c(c2)COc2cc4c(ccc5nc([C@H](C)N(C(=O)[C@@H](NC(=O)OC)C6CCOCC6)[C@@H](C)CC)[nH]c54)cc2-3)[nH]1. The first kappa shape index (κ1) is 47.8. The number of aromatic amines is 2. The molecule has 3 aromatic carbocycles. The molecule has 17 nitrogen and oxygen atoms in total. The van der Waals surface area contributed by atoms with Gasteiger partial charge in [0.1, 0.15) is 36.1 Å². The van der Waals surface area contributed by atoms with E-state index in [4.69, 9.17) is 33.7 Å². The molecule has 354 valence electrons. The molecule has 17 heteroatoms. The number of alkyl carbamates (subject to hydrolysis) is 2. The van der Waals surface area contributed by atoms with Gasteiger partial charge in [0.15, 0.2) is 0 Å². The Hall–Kier alpha value is -6.20. The summed E-state index contributed by atoms with van der Waals surface area (Å²) in [5, 5.41) is 7.46. The van der Waals surface area contributed by atoms with Crippen molar-refractivity contribution in [3.05, 3.63) is 65.9 Å². The zero-order chi connectivity index (χ0) is 47.2. The van der Waals surface area contributed by atoms with Crippen LogP contribution in [0.2, 0.25) is 0 Å². The van der Waals surface area contributed by atoms with E-state index in [-0.39, 0.29) is 29.8 Å². The number of H-pyrrole nitrogens is 2. The predicted octanol–water partition coefficient (Wildman–Crippen LogP) is 7.95. The van der Waals surface area contributed by atoms with Crippen molar-refractivity contribution in [2.45, 2.75) is 117 Å². The number of benzene rings is 3. The molecule has 4 heterocycles. The van der Waals surface area contributed by atoms with E-state index in [1.54, 1.807) is 18.2 Å². The van der Waals surface area contributed by atoms with Crippen molar-refractivity contribution < 1.29 is 42.9 Å². The van der Waals surface area contributed by atoms with E-state index >= 15 is 0 Å². The molecule has 4 N–H and O–H groups in total. The number of carbonyl (C=O) groups is 4. The molecule has 6 atom stereocenters. The van der Waals surface area contributed by atoms with Gasteiger partial charge >= 0.3 is 12.2 Å². The van der Waals surface area contributed by atoms with Crippen molar-refractivity contribution in [3.63, 3.8) is 0 Å². The van der Waals surface area contributed by atoms with Crippen LogP contribution < -0.4 is 15.4 Å². The Labute approximate surface area is 385 Å². The fourth-order valence-corrected chi connectivity index (χ4v) is 9.39. The van der Waals surface area contributed by atoms with Crippen molar-refractivity contribution in [1.29, 1.82) is 0 Å². The summed E-state index contributed by atoms with van der Waals surface area (Å²) < 4.78 is 27.3. The van der Waals surface area contributed by atoms with Crippen LogP contribution >= 0.6 is 0 Å². The molecule has 5 aromatic rings. The minimum atomic E-state index is -0.782. The third-order valence-electron chi connectivity index (χ3n) is 13.3. The van der Waals surface area contributed by atoms with E-state index in [0.29, 0.717) is 70.2 Å². The Morgan fingerprint density at radius 1 is 0.818 bits per heavy atom. The molecule has 66 heavy (non-hydrogen) atoms. The molecule has 1 saturated heterocycles. The number of fused-ring (bicyclic) bond motifs is 6. The van der Waals surface area contributed by atoms with Gasteiger partial charge in [-0.1, -0.05) is 39.0 Å². The smallest absolute Gasteiger partial charge is 0.407 e. The summed E-state index contributed by atoms with van der Waals surface area (Å²) in [6, 6.07) is 11.6. The van der Waals surface area contributed by atoms with Crippen LogP contribution in [-0.2, 0) is 35.1 Å². The molecule has 2 aliphatic heterocycles. The van der Waals surface area contributed by atoms with Crippen LogP contribution in [0.5, 0.6) is 5.75 Å². The monoisotopic (exact) mass is 908 g/mol. The topological polar surface area (TPSA) is 202 Å². The Kier molecular flexibility index (Phi) is 15.2. The average molecular weight is 909 g/mol. The van der Waals surface area contributed by atoms with Gasteiger partial charge in [-0.05, 0) is 105 Å². The van der Waals surface area contributed by atoms with Gasteiger partial charge in [0.2, 0.25) is 11.8 Å². The van der Waals surface area contributed by atoms with Crippen LogP contribution in [0.25, 0.3) is 44.2 Å². The van der Waals surface area contributed by atoms with Crippen LogP contribution in [0, 0.1) is 5.92 Å². The molecule has 1 fully saturated rings. The Morgan fingerprint density at radius 2 is 1.55 bits per heavy atom. The van der Waals surface area contributed by atoms with E-state index in [0.717, 1.165) is 55.5 Å². The van der Waals surface area contributed by atoms with Crippen molar-refractivity contribution in [2.75, 3.05) is 41.2 Å². The van der Waals surface area contributed by atoms with Crippen LogP contribution in [0.15, 0.2) is 48.7 Å². The first-order valence-corrected chi connectivity index (χ1v) is 23.0. The lowest BCUT2D eigenvalue weighted by atomic mass is 9.90. The lowest BCUT2D eigenvalue weighted by molar-refractivity contribution is -0.141. The zero-order valence-electron chi connectivity index (χ0n) is 39.5. The molecule has 0 saturated carbocycles. The van der Waals surface area contributed by atoms with Gasteiger partial charge in [0.05, 0.1) is 61.9 Å². The van der Waals surface area contributed by atoms with Crippen molar-refractivity contribution in [1.82, 2.24) is 40.4 Å². The van der Waals surface area contributed by atoms with Crippen LogP contribution in [0.4, 0.5) is 9.59 Å². The maximum Gasteiger partial charge on any atom is 0.407 e. The number of nitrogens with one attached hydrogen (secondary N) is 4. The highest BCUT2D eigenvalue weighted by molar-refractivity contribution is 6.07. The summed E-state index contributed by atoms with van der Waals surface area (Å²) in [6.45, 7) is 13.5. The molecule has 4 amide bonds. The Balaban J connectivity index is 1.15. The van der Waals surface area contributed by atoms with Crippen molar-refractivity contribution in [2.24, 2.45) is 5.92 Å². The van der Waals surface area contributed by atoms with E-state index in [9.17, 15) is 19.2 Å². The highest BCUT2D eigenvalue weighted by Gasteiger charge is 2.39. The molecule has 7 rings (SSSR count). The minimum Gasteiger partial charge on any atom is -0.488 e. The number of hydrogen-bond donors (Lipinski definition) is 4. The number of carbonyl (C=O) groups excluding carboxylic acids is 4. The van der Waals surface area contributed by atoms with Crippen LogP contribution in [-0.4, -0.2) is 119 Å². The zero-order valence-corrected chi connectivity index (χ0v) is 39.5. The van der Waals surface area contributed by atoms with Gasteiger partial charge in [0, 0.05) is 37.3 Å². The largest absolute Gasteiger partial charge is 0.488 e. The number of ether oxygens (including phenoxy) is 5. The van der Waals surface area contributed by atoms with Gasteiger partial charge in [-0.3, -0.25) is 9.59 Å². The summed E-state index contributed by atoms with van der Waals surface area (Å²) in [6.07, 6.45) is 3.50. The lowest BCUT2D eigenvalue weighted by Gasteiger charge is -2.39. The second kappa shape index (κ2) is 21.0. The number of rotatable bonds is 17. The second-order valence-corrected chi connectivity index (χ2v) is 17.3. The fraction of sp³-hybridized carbons (Fsp3) is 0.510. The average Bonchev–Trinajstić information content (AvgIpc) is 4.03. The number of hydrogen-bond acceptors (Lipinski definition) is 11. The molecule has 2 aromatic heterocycles. The highest BCUT2D eigenvalue weighted by atomic mass is 16.5. The van der Waals surface area contributed by atoms with E-state index < -0.39 is 36.4 Å². The maximum atomic E-state index is 14.5. The summed E-state index contributed by atoms with van der Waals surface area (Å²) >= 11 is 0. The van der Waals surface area contributed by atoms with Crippen molar-refractivity contribution >= 4 is 45.8 Å². The third kappa shape index (κ3) is 9.68. The molecule has 0 bridgehead atoms. The van der Waals surface area contributed by atoms with Gasteiger partial charge in [0.25, 0.3) is 0 Å². The molecule has 0 radical (unpaired) electrons. The summed E-state index contributed by atoms with van der Waals surface area (Å²) in [5.74, 6) is 1.48. The van der Waals surface area contributed by atoms with Gasteiger partial charge in [-0.15, -0.1) is 0 Å². The molecule has 1 unspecified atom stereocenters. The van der Waals surface area contributed by atoms with E-state index in [1.165, 1.54) is 14.2 Å². The highest BCUT2D eigenvalue weighted by Crippen LogP contribution is 2.43. The fourth-order valence-electron chi connectivity index (χ4n) is 9.39. The lowest BCUT2D eigenvalue weighted by Crippen LogP contribution is -2.55. The standard InChI is InChI=1S/C49H64N8O9/c1-10-27(4)56(47(59)42(55-49(61)64-9)30-17-19-65-20-18-30)29(6)45-51-39-16-14-31-22-37-35-15-13-32(21-33(35)25-66-41(37)23-36(31)43(39)54-45)40-24-50-44(52-40)28(5)57(34(11-2)26-62-7)46(58)38(12-3)53-48(60)63-8/h13-16,21-24,27-30,34,38,42H,10-12,17-20,25-26H2,1-9H3,(H,50,52)(H,51,54)(H,53,60)(H,55,61)/t27-,28-,29-,34+,38?,42-/m0/s1. The second-order valence-electron chi connectivity index (χ2n) is 17.3. The minimum absolute atomic E-state index is 0.0901. The number of aromatic nitrogens is 4. The molecular weight excluding hydrogens is 845 g/mol. The first-order valence-electron chi connectivity index (χ1n) is 23.0. The first-order chi connectivity index (χ1) is 31.8. The van der Waals surface area contributed by atoms with E-state index in [2.05, 4.69) is 57.0 Å². The number of methoxy groups -OCH3 is 3. The maximum absolute atomic E-state index is 14.5. The van der Waals surface area contributed by atoms with Gasteiger partial charge in [-0.2, -0.15) is 0 Å². The number of amides is 4. The van der Waals surface area contributed by atoms with Crippen molar-refractivity contribution in [3.8, 4) is 28.1 Å². The Bertz CT molecular complexity index is 2530. The van der Waals surface area contributed by atoms with Crippen LogP contribution in [0.1, 0.15) is 103 Å². The summed E-state index contributed by atoms with van der Waals surface area (Å²) in [4.78, 5) is 73.6. The molecule has 2 aliphatic rings. The molecule has 0 spiro atoms. The normalized spacial score (nSPS) is 16.4. The number of nitrogens with zero attached hydrogens (tertiary/aromatic N) is 4. The quantitative estimate of drug-likeness (QED) is 0.0705. The van der Waals surface area contributed by atoms with E-state index in [1.807, 2.05) is 52.5 Å². The Morgan fingerprint density at radius 3 is 2.23 bits per heavy atom. The number of imidazole rings is 2. The van der Waals surface area contributed by atoms with Gasteiger partial charge < -0.3 is 54.1 Å². The molecular formula is C49H64N8O9. The summed E-state index contributed by atoms with van der Waals surface area (Å²) in [7, 11) is 4.18. The van der Waals surface area contributed by atoms with Crippen LogP contribution in [0.3, 0.4) is 0 Å². The summed E-state index contributed by atoms with van der Waals surface area (Å²) in [5.41, 5.74) is 6.35.